The van der Waals surface area contributed by atoms with Crippen molar-refractivity contribution in [1.29, 1.82) is 0 Å². The molecular weight excluding hydrogens is 382 g/mol. The Balaban J connectivity index is 3.59. The van der Waals surface area contributed by atoms with Gasteiger partial charge < -0.3 is 9.84 Å². The molecule has 2 atom stereocenters. The molecule has 0 aliphatic heterocycles. The van der Waals surface area contributed by atoms with Gasteiger partial charge in [-0.25, -0.2) is 4.79 Å². The van der Waals surface area contributed by atoms with Crippen LogP contribution in [-0.2, 0) is 14.3 Å². The Morgan fingerprint density at radius 3 is 2.33 bits per heavy atom. The second-order valence-electron chi connectivity index (χ2n) is 6.07. The van der Waals surface area contributed by atoms with Gasteiger partial charge in [-0.3, -0.25) is 4.79 Å². The summed E-state index contributed by atoms with van der Waals surface area (Å²) in [6.07, 6.45) is -10.8. The molecular formula is C17H16F6O4. The number of hydrogen-bond donors (Lipinski definition) is 1. The SMILES string of the molecule is CCOC(=O)C=C(C#CC1(O)C(C)=CC(=O)CC1(C)C(F)(F)F)C(F)(F)F. The quantitative estimate of drug-likeness (QED) is 0.336. The predicted octanol–water partition coefficient (Wildman–Crippen LogP) is 3.26. The van der Waals surface area contributed by atoms with Gasteiger partial charge in [0, 0.05) is 12.5 Å². The van der Waals surface area contributed by atoms with Gasteiger partial charge in [0.1, 0.15) is 11.0 Å². The van der Waals surface area contributed by atoms with E-state index in [2.05, 4.69) is 4.74 Å². The van der Waals surface area contributed by atoms with Crippen LogP contribution >= 0.6 is 0 Å². The average Bonchev–Trinajstić information content (AvgIpc) is 2.47. The van der Waals surface area contributed by atoms with Crippen LogP contribution in [0.15, 0.2) is 23.3 Å². The lowest BCUT2D eigenvalue weighted by Crippen LogP contribution is -2.58. The summed E-state index contributed by atoms with van der Waals surface area (Å²) in [6.45, 7) is 2.57. The molecule has 0 aromatic heterocycles. The number of allylic oxidation sites excluding steroid dienone is 2. The number of rotatable bonds is 2. The lowest BCUT2D eigenvalue weighted by molar-refractivity contribution is -0.259. The zero-order chi connectivity index (χ0) is 21.3. The Morgan fingerprint density at radius 1 is 1.33 bits per heavy atom. The summed E-state index contributed by atoms with van der Waals surface area (Å²) in [7, 11) is 0. The molecule has 1 rings (SSSR count). The summed E-state index contributed by atoms with van der Waals surface area (Å²) in [6, 6.07) is 0. The summed E-state index contributed by atoms with van der Waals surface area (Å²) in [5, 5.41) is 10.5. The molecule has 0 aromatic carbocycles. The number of carbonyl (C=O) groups is 2. The van der Waals surface area contributed by atoms with Gasteiger partial charge >= 0.3 is 18.3 Å². The molecule has 10 heteroatoms. The first kappa shape index (κ1) is 22.8. The number of ether oxygens (including phenoxy) is 1. The topological polar surface area (TPSA) is 63.6 Å². The standard InChI is InChI=1S/C17H16F6O4/c1-4-27-13(25)8-11(16(18,19)20)5-6-15(26)10(2)7-12(24)9-14(15,3)17(21,22)23/h7-8,26H,4,9H2,1-3H3. The second-order valence-corrected chi connectivity index (χ2v) is 6.07. The van der Waals surface area contributed by atoms with Crippen molar-refractivity contribution in [1.82, 2.24) is 0 Å². The van der Waals surface area contributed by atoms with Gasteiger partial charge in [-0.2, -0.15) is 26.3 Å². The van der Waals surface area contributed by atoms with E-state index in [-0.39, 0.29) is 12.7 Å². The molecule has 0 fully saturated rings. The lowest BCUT2D eigenvalue weighted by Gasteiger charge is -2.45. The highest BCUT2D eigenvalue weighted by molar-refractivity contribution is 5.93. The Labute approximate surface area is 150 Å². The Hall–Kier alpha value is -2.28. The first-order valence-electron chi connectivity index (χ1n) is 7.58. The summed E-state index contributed by atoms with van der Waals surface area (Å²) < 4.78 is 84.0. The van der Waals surface area contributed by atoms with E-state index >= 15 is 0 Å². The Bertz CT molecular complexity index is 750. The van der Waals surface area contributed by atoms with Crippen LogP contribution in [0.2, 0.25) is 0 Å². The third-order valence-corrected chi connectivity index (χ3v) is 4.13. The fraction of sp³-hybridized carbons (Fsp3) is 0.529. The van der Waals surface area contributed by atoms with E-state index in [0.29, 0.717) is 13.0 Å². The molecule has 0 radical (unpaired) electrons. The molecule has 0 spiro atoms. The van der Waals surface area contributed by atoms with Crippen LogP contribution in [-0.4, -0.2) is 41.4 Å². The Kier molecular flexibility index (Phi) is 6.22. The monoisotopic (exact) mass is 398 g/mol. The molecule has 0 aromatic rings. The van der Waals surface area contributed by atoms with Gasteiger partial charge in [0.05, 0.1) is 6.61 Å². The minimum absolute atomic E-state index is 0.0161. The number of aliphatic hydroxyl groups is 1. The lowest BCUT2D eigenvalue weighted by atomic mass is 9.63. The van der Waals surface area contributed by atoms with E-state index in [4.69, 9.17) is 0 Å². The number of hydrogen-bond acceptors (Lipinski definition) is 4. The van der Waals surface area contributed by atoms with Crippen molar-refractivity contribution in [2.75, 3.05) is 6.61 Å². The number of esters is 1. The van der Waals surface area contributed by atoms with Crippen molar-refractivity contribution in [3.63, 3.8) is 0 Å². The van der Waals surface area contributed by atoms with Crippen LogP contribution in [0.25, 0.3) is 0 Å². The first-order valence-corrected chi connectivity index (χ1v) is 7.58. The molecule has 2 unspecified atom stereocenters. The number of halogens is 6. The fourth-order valence-corrected chi connectivity index (χ4v) is 2.50. The van der Waals surface area contributed by atoms with Crippen LogP contribution in [0.3, 0.4) is 0 Å². The normalized spacial score (nSPS) is 26.8. The van der Waals surface area contributed by atoms with Gasteiger partial charge in [-0.1, -0.05) is 11.8 Å². The maximum atomic E-state index is 13.5. The fourth-order valence-electron chi connectivity index (χ4n) is 2.50. The maximum absolute atomic E-state index is 13.5. The van der Waals surface area contributed by atoms with E-state index in [1.807, 2.05) is 0 Å². The van der Waals surface area contributed by atoms with Gasteiger partial charge in [0.25, 0.3) is 0 Å². The summed E-state index contributed by atoms with van der Waals surface area (Å²) in [5.74, 6) is 0.663. The molecule has 0 amide bonds. The van der Waals surface area contributed by atoms with Crippen LogP contribution in [0.5, 0.6) is 0 Å². The molecule has 150 valence electrons. The molecule has 1 aliphatic rings. The maximum Gasteiger partial charge on any atom is 0.424 e. The molecule has 0 bridgehead atoms. The van der Waals surface area contributed by atoms with Crippen LogP contribution in [0, 0.1) is 17.3 Å². The summed E-state index contributed by atoms with van der Waals surface area (Å²) >= 11 is 0. The predicted molar refractivity (Wildman–Crippen MR) is 81.0 cm³/mol. The van der Waals surface area contributed by atoms with Crippen molar-refractivity contribution >= 4 is 11.8 Å². The minimum Gasteiger partial charge on any atom is -0.463 e. The summed E-state index contributed by atoms with van der Waals surface area (Å²) in [5.41, 5.74) is -8.57. The molecule has 1 aliphatic carbocycles. The third kappa shape index (κ3) is 4.53. The van der Waals surface area contributed by atoms with Crippen molar-refractivity contribution in [2.45, 2.75) is 45.1 Å². The van der Waals surface area contributed by atoms with Crippen molar-refractivity contribution < 1.29 is 45.8 Å². The highest BCUT2D eigenvalue weighted by atomic mass is 19.4. The molecule has 0 saturated heterocycles. The van der Waals surface area contributed by atoms with Crippen molar-refractivity contribution in [2.24, 2.45) is 5.41 Å². The van der Waals surface area contributed by atoms with E-state index in [1.165, 1.54) is 12.8 Å². The van der Waals surface area contributed by atoms with Crippen molar-refractivity contribution in [3.05, 3.63) is 23.3 Å². The third-order valence-electron chi connectivity index (χ3n) is 4.13. The van der Waals surface area contributed by atoms with Gasteiger partial charge in [0.15, 0.2) is 11.4 Å². The molecule has 1 N–H and O–H groups in total. The summed E-state index contributed by atoms with van der Waals surface area (Å²) in [4.78, 5) is 22.8. The van der Waals surface area contributed by atoms with Gasteiger partial charge in [-0.05, 0) is 32.4 Å². The molecule has 27 heavy (non-hydrogen) atoms. The highest BCUT2D eigenvalue weighted by Crippen LogP contribution is 2.53. The second kappa shape index (κ2) is 7.38. The largest absolute Gasteiger partial charge is 0.463 e. The van der Waals surface area contributed by atoms with E-state index in [1.54, 1.807) is 5.92 Å². The van der Waals surface area contributed by atoms with Gasteiger partial charge in [-0.15, -0.1) is 0 Å². The first-order chi connectivity index (χ1) is 12.1. The Morgan fingerprint density at radius 2 is 1.89 bits per heavy atom. The zero-order valence-electron chi connectivity index (χ0n) is 14.5. The van der Waals surface area contributed by atoms with Crippen LogP contribution in [0.1, 0.15) is 27.2 Å². The van der Waals surface area contributed by atoms with E-state index in [9.17, 15) is 41.0 Å². The number of alkyl halides is 6. The smallest absolute Gasteiger partial charge is 0.424 e. The highest BCUT2D eigenvalue weighted by Gasteiger charge is 2.65. The zero-order valence-corrected chi connectivity index (χ0v) is 14.5. The molecule has 0 saturated carbocycles. The molecule has 0 heterocycles. The van der Waals surface area contributed by atoms with Crippen LogP contribution < -0.4 is 0 Å². The average molecular weight is 398 g/mol. The number of ketones is 1. The van der Waals surface area contributed by atoms with Gasteiger partial charge in [0.2, 0.25) is 0 Å². The molecule has 4 nitrogen and oxygen atoms in total. The number of carbonyl (C=O) groups excluding carboxylic acids is 2. The van der Waals surface area contributed by atoms with E-state index in [0.717, 1.165) is 6.92 Å². The minimum atomic E-state index is -5.17. The van der Waals surface area contributed by atoms with Crippen LogP contribution in [0.4, 0.5) is 26.3 Å². The van der Waals surface area contributed by atoms with Crippen molar-refractivity contribution in [3.8, 4) is 11.8 Å². The van der Waals surface area contributed by atoms with E-state index < -0.39 is 52.7 Å².